The first-order chi connectivity index (χ1) is 19.5. The Labute approximate surface area is 234 Å². The van der Waals surface area contributed by atoms with E-state index in [-0.39, 0.29) is 18.1 Å². The van der Waals surface area contributed by atoms with Gasteiger partial charge in [-0.25, -0.2) is 4.79 Å². The summed E-state index contributed by atoms with van der Waals surface area (Å²) in [6.07, 6.45) is -6.64. The lowest BCUT2D eigenvalue weighted by Crippen LogP contribution is -2.63. The maximum atomic E-state index is 12.5. The maximum Gasteiger partial charge on any atom is 0.344 e. The first-order valence-corrected chi connectivity index (χ1v) is 12.6. The Morgan fingerprint density at radius 1 is 0.756 bits per heavy atom. The van der Waals surface area contributed by atoms with Gasteiger partial charge in [-0.2, -0.15) is 0 Å². The fourth-order valence-corrected chi connectivity index (χ4v) is 4.42. The average molecular weight is 569 g/mol. The summed E-state index contributed by atoms with van der Waals surface area (Å²) in [5.41, 5.74) is -0.0139. The van der Waals surface area contributed by atoms with Crippen LogP contribution in [0, 0.1) is 0 Å². The quantitative estimate of drug-likeness (QED) is 0.290. The number of hydrogen-bond donors (Lipinski definition) is 0. The zero-order valence-corrected chi connectivity index (χ0v) is 22.7. The predicted octanol–water partition coefficient (Wildman–Crippen LogP) is 2.92. The van der Waals surface area contributed by atoms with Crippen molar-refractivity contribution in [1.29, 1.82) is 0 Å². The molecule has 0 saturated carbocycles. The minimum Gasteiger partial charge on any atom is -0.463 e. The van der Waals surface area contributed by atoms with E-state index in [1.54, 1.807) is 54.6 Å². The monoisotopic (exact) mass is 568 g/mol. The molecule has 1 aliphatic rings. The zero-order chi connectivity index (χ0) is 29.7. The lowest BCUT2D eigenvalue weighted by Gasteiger charge is -2.43. The highest BCUT2D eigenvalue weighted by atomic mass is 16.7. The van der Waals surface area contributed by atoms with E-state index in [0.29, 0.717) is 16.3 Å². The molecule has 0 bridgehead atoms. The van der Waals surface area contributed by atoms with E-state index in [9.17, 15) is 24.0 Å². The van der Waals surface area contributed by atoms with Gasteiger partial charge in [-0.3, -0.25) is 19.2 Å². The molecule has 0 N–H and O–H groups in total. The number of fused-ring (bicyclic) bond motifs is 1. The first-order valence-electron chi connectivity index (χ1n) is 12.6. The Kier molecular flexibility index (Phi) is 9.03. The van der Waals surface area contributed by atoms with Gasteiger partial charge in [0.1, 0.15) is 24.2 Å². The molecule has 3 aromatic rings. The van der Waals surface area contributed by atoms with Crippen molar-refractivity contribution < 1.29 is 52.0 Å². The highest BCUT2D eigenvalue weighted by Crippen LogP contribution is 2.32. The minimum atomic E-state index is -1.41. The average Bonchev–Trinajstić information content (AvgIpc) is 2.90. The minimum absolute atomic E-state index is 0.208. The van der Waals surface area contributed by atoms with E-state index in [4.69, 9.17) is 32.8 Å². The van der Waals surface area contributed by atoms with Gasteiger partial charge in [0, 0.05) is 33.3 Å². The molecular weight excluding hydrogens is 540 g/mol. The van der Waals surface area contributed by atoms with Crippen molar-refractivity contribution >= 4 is 34.6 Å². The van der Waals surface area contributed by atoms with Crippen molar-refractivity contribution in [2.75, 3.05) is 6.61 Å². The van der Waals surface area contributed by atoms with E-state index < -0.39 is 60.2 Å². The van der Waals surface area contributed by atoms with Crippen LogP contribution in [-0.4, -0.2) is 61.2 Å². The summed E-state index contributed by atoms with van der Waals surface area (Å²) in [5.74, 6) is -2.40. The van der Waals surface area contributed by atoms with Gasteiger partial charge in [0.2, 0.25) is 12.4 Å². The predicted molar refractivity (Wildman–Crippen MR) is 141 cm³/mol. The van der Waals surface area contributed by atoms with Crippen LogP contribution >= 0.6 is 0 Å². The zero-order valence-electron chi connectivity index (χ0n) is 22.7. The summed E-state index contributed by atoms with van der Waals surface area (Å²) in [6, 6.07) is 15.2. The van der Waals surface area contributed by atoms with Crippen LogP contribution in [0.4, 0.5) is 0 Å². The van der Waals surface area contributed by atoms with Crippen molar-refractivity contribution in [3.8, 4) is 17.1 Å². The molecule has 1 aromatic heterocycles. The highest BCUT2D eigenvalue weighted by Gasteiger charge is 2.53. The third-order valence-corrected chi connectivity index (χ3v) is 5.99. The summed E-state index contributed by atoms with van der Waals surface area (Å²) in [7, 11) is 0. The Balaban J connectivity index is 1.70. The molecule has 0 spiro atoms. The Hall–Kier alpha value is -4.71. The smallest absolute Gasteiger partial charge is 0.344 e. The normalized spacial score (nSPS) is 21.9. The molecule has 216 valence electrons. The van der Waals surface area contributed by atoms with Crippen LogP contribution in [0.25, 0.3) is 22.1 Å². The van der Waals surface area contributed by atoms with Crippen molar-refractivity contribution in [3.63, 3.8) is 0 Å². The molecule has 0 aliphatic carbocycles. The second-order valence-corrected chi connectivity index (χ2v) is 9.20. The van der Waals surface area contributed by atoms with Crippen LogP contribution in [-0.2, 0) is 42.9 Å². The van der Waals surface area contributed by atoms with Gasteiger partial charge in [0.15, 0.2) is 12.2 Å². The van der Waals surface area contributed by atoms with Gasteiger partial charge in [-0.05, 0) is 29.7 Å². The van der Waals surface area contributed by atoms with Crippen molar-refractivity contribution in [1.82, 2.24) is 0 Å². The van der Waals surface area contributed by atoms with Crippen LogP contribution in [0.5, 0.6) is 5.75 Å². The van der Waals surface area contributed by atoms with Gasteiger partial charge < -0.3 is 32.8 Å². The molecule has 0 unspecified atom stereocenters. The summed E-state index contributed by atoms with van der Waals surface area (Å²) in [6.45, 7) is 4.19. The van der Waals surface area contributed by atoms with Gasteiger partial charge in [-0.15, -0.1) is 0 Å². The van der Waals surface area contributed by atoms with E-state index in [0.717, 1.165) is 20.8 Å². The second-order valence-electron chi connectivity index (χ2n) is 9.20. The molecule has 1 saturated heterocycles. The fourth-order valence-electron chi connectivity index (χ4n) is 4.42. The molecule has 1 fully saturated rings. The molecule has 41 heavy (non-hydrogen) atoms. The summed E-state index contributed by atoms with van der Waals surface area (Å²) in [5, 5.41) is 1.12. The number of carbonyl (C=O) groups is 4. The fraction of sp³-hybridized carbons (Fsp3) is 0.345. The largest absolute Gasteiger partial charge is 0.463 e. The van der Waals surface area contributed by atoms with Crippen molar-refractivity contribution in [2.24, 2.45) is 0 Å². The summed E-state index contributed by atoms with van der Waals surface area (Å²) in [4.78, 5) is 60.0. The molecule has 5 atom stereocenters. The topological polar surface area (TPSA) is 154 Å². The Bertz CT molecular complexity index is 1510. The number of esters is 4. The lowest BCUT2D eigenvalue weighted by molar-refractivity contribution is -0.288. The number of carbonyl (C=O) groups excluding carboxylic acids is 4. The van der Waals surface area contributed by atoms with E-state index in [1.165, 1.54) is 6.92 Å². The third-order valence-electron chi connectivity index (χ3n) is 5.99. The molecule has 12 heteroatoms. The number of hydrogen-bond acceptors (Lipinski definition) is 12. The van der Waals surface area contributed by atoms with Crippen molar-refractivity contribution in [2.45, 2.75) is 58.4 Å². The Morgan fingerprint density at radius 3 is 2.10 bits per heavy atom. The molecular formula is C29H28O12. The number of rotatable bonds is 8. The summed E-state index contributed by atoms with van der Waals surface area (Å²) >= 11 is 0. The van der Waals surface area contributed by atoms with Gasteiger partial charge in [0.05, 0.1) is 5.39 Å². The third kappa shape index (κ3) is 7.28. The molecule has 12 nitrogen and oxygen atoms in total. The molecule has 0 radical (unpaired) electrons. The first kappa shape index (κ1) is 29.3. The van der Waals surface area contributed by atoms with Crippen LogP contribution in [0.2, 0.25) is 0 Å². The standard InChI is InChI=1S/C29H28O12/c1-15(30)35-14-24-25(36-16(2)31)26(37-17(3)32)27(38-18(4)33)29(41-24)39-21-10-7-9-20(12-21)23-13-19-8-5-6-11-22(19)28(34)40-23/h5-13,24-27,29H,14H2,1-4H3/t24-,25-,26+,27-,29-/m1/s1. The van der Waals surface area contributed by atoms with Gasteiger partial charge in [0.25, 0.3) is 0 Å². The SMILES string of the molecule is CC(=O)OC[C@H]1O[C@@H](Oc2cccc(-c3cc4ccccc4c(=O)o3)c2)[C@H](OC(C)=O)[C@@H](OC(C)=O)[C@@H]1OC(C)=O. The molecule has 0 amide bonds. The van der Waals surface area contributed by atoms with Gasteiger partial charge in [-0.1, -0.05) is 30.3 Å². The van der Waals surface area contributed by atoms with Crippen LogP contribution in [0.1, 0.15) is 27.7 Å². The van der Waals surface area contributed by atoms with Crippen LogP contribution in [0.3, 0.4) is 0 Å². The lowest BCUT2D eigenvalue weighted by atomic mass is 9.98. The van der Waals surface area contributed by atoms with E-state index >= 15 is 0 Å². The maximum absolute atomic E-state index is 12.5. The van der Waals surface area contributed by atoms with Crippen molar-refractivity contribution in [3.05, 3.63) is 65.0 Å². The molecule has 4 rings (SSSR count). The summed E-state index contributed by atoms with van der Waals surface area (Å²) < 4.78 is 38.9. The van der Waals surface area contributed by atoms with E-state index in [1.807, 2.05) is 0 Å². The number of benzene rings is 2. The highest BCUT2D eigenvalue weighted by molar-refractivity contribution is 5.84. The van der Waals surface area contributed by atoms with Gasteiger partial charge >= 0.3 is 29.5 Å². The van der Waals surface area contributed by atoms with Crippen LogP contribution in [0.15, 0.2) is 63.8 Å². The second kappa shape index (κ2) is 12.6. The number of ether oxygens (including phenoxy) is 6. The van der Waals surface area contributed by atoms with Crippen LogP contribution < -0.4 is 10.4 Å². The van der Waals surface area contributed by atoms with E-state index in [2.05, 4.69) is 0 Å². The Morgan fingerprint density at radius 2 is 1.41 bits per heavy atom. The molecule has 1 aliphatic heterocycles. The molecule has 2 aromatic carbocycles. The molecule has 2 heterocycles.